The Balaban J connectivity index is 1.24. The minimum atomic E-state index is -2.17. The number of methoxy groups -OCH3 is 4. The normalized spacial score (nSPS) is 13.4. The van der Waals surface area contributed by atoms with Crippen LogP contribution in [0.15, 0.2) is 130 Å². The van der Waals surface area contributed by atoms with E-state index < -0.39 is 16.4 Å². The van der Waals surface area contributed by atoms with Gasteiger partial charge in [-0.05, 0) is 137 Å². The molecule has 0 bridgehead atoms. The maximum absolute atomic E-state index is 7.81. The molecule has 0 saturated heterocycles. The second-order valence-corrected chi connectivity index (χ2v) is 27.0. The lowest BCUT2D eigenvalue weighted by Crippen LogP contribution is -2.16. The third-order valence-corrected chi connectivity index (χ3v) is 17.6. The lowest BCUT2D eigenvalue weighted by Gasteiger charge is -2.27. The molecule has 0 radical (unpaired) electrons. The molecule has 10 rings (SSSR count). The van der Waals surface area contributed by atoms with Gasteiger partial charge in [0.1, 0.15) is 45.7 Å². The molecule has 0 spiro atoms. The van der Waals surface area contributed by atoms with E-state index in [1.54, 1.807) is 28.4 Å². The summed E-state index contributed by atoms with van der Waals surface area (Å²) in [5.41, 5.74) is 11.4. The van der Waals surface area contributed by atoms with Crippen LogP contribution in [0, 0.1) is 0 Å². The van der Waals surface area contributed by atoms with E-state index in [-0.39, 0.29) is 21.7 Å². The van der Waals surface area contributed by atoms with Crippen molar-refractivity contribution >= 4 is 59.9 Å². The first kappa shape index (κ1) is 52.8. The zero-order chi connectivity index (χ0) is 54.2. The number of fused-ring (bicyclic) bond motifs is 8. The predicted molar refractivity (Wildman–Crippen MR) is 317 cm³/mol. The molecule has 394 valence electrons. The molecule has 0 aliphatic carbocycles. The van der Waals surface area contributed by atoms with E-state index in [0.29, 0.717) is 16.9 Å². The molecular weight excluding hydrogens is 983 g/mol. The Labute approximate surface area is 451 Å². The number of hydrogen-bond acceptors (Lipinski definition) is 8. The van der Waals surface area contributed by atoms with E-state index in [9.17, 15) is 0 Å². The molecule has 1 aromatic heterocycles. The van der Waals surface area contributed by atoms with Crippen LogP contribution in [0.25, 0.3) is 65.7 Å². The maximum atomic E-state index is 7.81. The largest absolute Gasteiger partial charge is 0.497 e. The fraction of sp³-hybridized carbons (Fsp3) is 0.333. The van der Waals surface area contributed by atoms with Crippen molar-refractivity contribution in [1.29, 1.82) is 0 Å². The lowest BCUT2D eigenvalue weighted by molar-refractivity contribution is 0.412. The van der Waals surface area contributed by atoms with Crippen LogP contribution in [0.1, 0.15) is 116 Å². The summed E-state index contributed by atoms with van der Waals surface area (Å²) >= 11 is 0. The molecule has 0 amide bonds. The van der Waals surface area contributed by atoms with Gasteiger partial charge in [-0.15, -0.1) is 0 Å². The first-order valence-corrected chi connectivity index (χ1v) is 28.9. The van der Waals surface area contributed by atoms with Gasteiger partial charge in [0.05, 0.1) is 36.6 Å². The van der Waals surface area contributed by atoms with Crippen molar-refractivity contribution in [3.8, 4) is 56.8 Å². The van der Waals surface area contributed by atoms with Crippen molar-refractivity contribution in [2.45, 2.75) is 117 Å². The lowest BCUT2D eigenvalue weighted by atomic mass is 9.78. The van der Waals surface area contributed by atoms with Gasteiger partial charge in [-0.1, -0.05) is 144 Å². The van der Waals surface area contributed by atoms with Crippen molar-refractivity contribution < 1.29 is 36.4 Å². The molecule has 8 aromatic carbocycles. The molecule has 0 fully saturated rings. The minimum absolute atomic E-state index is 0.191. The summed E-state index contributed by atoms with van der Waals surface area (Å²) in [4.78, 5) is 0. The van der Waals surface area contributed by atoms with E-state index in [4.69, 9.17) is 36.4 Å². The molecule has 0 N–H and O–H groups in total. The van der Waals surface area contributed by atoms with Gasteiger partial charge in [-0.25, -0.2) is 0 Å². The Morgan fingerprint density at radius 2 is 0.737 bits per heavy atom. The van der Waals surface area contributed by atoms with E-state index in [1.807, 2.05) is 12.1 Å². The third-order valence-electron chi connectivity index (χ3n) is 14.8. The molecular formula is C66H72O8P2. The smallest absolute Gasteiger partial charge is 0.453 e. The number of ether oxygens (including phenoxy) is 4. The molecule has 1 aliphatic rings. The van der Waals surface area contributed by atoms with Gasteiger partial charge >= 0.3 is 8.24 Å². The second kappa shape index (κ2) is 19.8. The van der Waals surface area contributed by atoms with Crippen molar-refractivity contribution in [2.24, 2.45) is 0 Å². The monoisotopic (exact) mass is 1050 g/mol. The van der Waals surface area contributed by atoms with Gasteiger partial charge in [-0.3, -0.25) is 0 Å². The zero-order valence-corrected chi connectivity index (χ0v) is 48.9. The molecule has 76 heavy (non-hydrogen) atoms. The van der Waals surface area contributed by atoms with Gasteiger partial charge in [-0.2, -0.15) is 0 Å². The Bertz CT molecular complexity index is 3610. The molecule has 0 unspecified atom stereocenters. The number of benzene rings is 8. The summed E-state index contributed by atoms with van der Waals surface area (Å²) in [6, 6.07) is 42.7. The van der Waals surface area contributed by atoms with Gasteiger partial charge < -0.3 is 36.4 Å². The Morgan fingerprint density at radius 3 is 1.12 bits per heavy atom. The Morgan fingerprint density at radius 1 is 0.382 bits per heavy atom. The topological polar surface area (TPSA) is 81.7 Å². The maximum Gasteiger partial charge on any atom is 0.453 e. The van der Waals surface area contributed by atoms with Crippen molar-refractivity contribution in [3.63, 3.8) is 0 Å². The SMILES string of the molecule is COc1cc2c(c(C(C)(C)C)c1)CP(Oc1ccc3ccccc3c1-c1c(Op3oc4c(C(C)(C)C)cc(OC)cc4c4cc(OC)cc(C(C)(C)C)c4o3)ccc3ccccc13)Cc1c-2cc(OC)cc1C(C)(C)C. The van der Waals surface area contributed by atoms with Gasteiger partial charge in [0.15, 0.2) is 0 Å². The Kier molecular flexibility index (Phi) is 13.7. The molecule has 10 heteroatoms. The van der Waals surface area contributed by atoms with Crippen LogP contribution in [-0.2, 0) is 34.0 Å². The van der Waals surface area contributed by atoms with Gasteiger partial charge in [0.2, 0.25) is 0 Å². The van der Waals surface area contributed by atoms with E-state index >= 15 is 0 Å². The minimum Gasteiger partial charge on any atom is -0.497 e. The fourth-order valence-corrected chi connectivity index (χ4v) is 14.1. The quantitative estimate of drug-likeness (QED) is 0.132. The molecule has 0 saturated carbocycles. The highest BCUT2D eigenvalue weighted by Crippen LogP contribution is 2.58. The molecule has 8 nitrogen and oxygen atoms in total. The van der Waals surface area contributed by atoms with Crippen LogP contribution < -0.4 is 28.0 Å². The highest BCUT2D eigenvalue weighted by molar-refractivity contribution is 7.51. The van der Waals surface area contributed by atoms with E-state index in [1.165, 1.54) is 22.3 Å². The molecule has 2 heterocycles. The zero-order valence-electron chi connectivity index (χ0n) is 47.1. The molecule has 1 aliphatic heterocycles. The van der Waals surface area contributed by atoms with Gasteiger partial charge in [0.25, 0.3) is 0 Å². The van der Waals surface area contributed by atoms with Crippen molar-refractivity contribution in [2.75, 3.05) is 28.4 Å². The fourth-order valence-electron chi connectivity index (χ4n) is 10.9. The van der Waals surface area contributed by atoms with E-state index in [0.717, 1.165) is 107 Å². The van der Waals surface area contributed by atoms with Crippen LogP contribution in [-0.4, -0.2) is 28.4 Å². The van der Waals surface area contributed by atoms with Crippen LogP contribution in [0.5, 0.6) is 34.5 Å². The summed E-state index contributed by atoms with van der Waals surface area (Å²) in [7, 11) is 3.53. The predicted octanol–water partition coefficient (Wildman–Crippen LogP) is 19.5. The summed E-state index contributed by atoms with van der Waals surface area (Å²) in [5, 5.41) is 5.89. The van der Waals surface area contributed by atoms with Gasteiger partial charge in [0, 0.05) is 45.4 Å². The number of rotatable bonds is 9. The van der Waals surface area contributed by atoms with Crippen LogP contribution in [0.2, 0.25) is 0 Å². The summed E-state index contributed by atoms with van der Waals surface area (Å²) in [6.07, 6.45) is 1.45. The average Bonchev–Trinajstić information content (AvgIpc) is 3.78. The average molecular weight is 1060 g/mol. The van der Waals surface area contributed by atoms with Crippen LogP contribution in [0.4, 0.5) is 0 Å². The third kappa shape index (κ3) is 9.89. The molecule has 9 aromatic rings. The highest BCUT2D eigenvalue weighted by atomic mass is 31.1. The number of hydrogen-bond donors (Lipinski definition) is 0. The van der Waals surface area contributed by atoms with Crippen LogP contribution in [0.3, 0.4) is 0 Å². The van der Waals surface area contributed by atoms with E-state index in [2.05, 4.69) is 192 Å². The highest BCUT2D eigenvalue weighted by Gasteiger charge is 2.35. The Hall–Kier alpha value is -6.59. The first-order chi connectivity index (χ1) is 36.0. The summed E-state index contributed by atoms with van der Waals surface area (Å²) < 4.78 is 53.8. The summed E-state index contributed by atoms with van der Waals surface area (Å²) in [5.74, 6) is 4.50. The standard InChI is InChI=1S/C66H72O8P2/c1-63(2,3)53-33-41(67-13)29-47-48-30-42(68-14)34-54(64(4,5)6)52(48)38-75(37-51(47)53)71-57-27-25-39-21-17-19-23-45(39)59(57)60-46-24-20-18-22-40(46)26-28-58(60)72-76-73-61-49(31-43(69-15)35-55(61)65(7,8)9)50-32-44(70-16)36-56(62(50)74-76)66(10,11)12/h17-36H,37-38H2,1-16H3. The second-order valence-electron chi connectivity index (χ2n) is 24.2. The first-order valence-electron chi connectivity index (χ1n) is 26.2. The molecule has 0 atom stereocenters. The van der Waals surface area contributed by atoms with Crippen molar-refractivity contribution in [1.82, 2.24) is 0 Å². The van der Waals surface area contributed by atoms with Crippen LogP contribution >= 0.6 is 16.4 Å². The summed E-state index contributed by atoms with van der Waals surface area (Å²) in [6.45, 7) is 26.8. The van der Waals surface area contributed by atoms with Crippen molar-refractivity contribution in [3.05, 3.63) is 155 Å².